The first-order valence-electron chi connectivity index (χ1n) is 7.07. The van der Waals surface area contributed by atoms with Crippen LogP contribution in [0.1, 0.15) is 19.8 Å². The summed E-state index contributed by atoms with van der Waals surface area (Å²) >= 11 is 0. The number of rotatable bonds is 6. The Balaban J connectivity index is 2.09. The number of amides is 2. The molecule has 0 aliphatic carbocycles. The van der Waals surface area contributed by atoms with Crippen molar-refractivity contribution in [3.63, 3.8) is 0 Å². The minimum Gasteiger partial charge on any atom is -0.394 e. The summed E-state index contributed by atoms with van der Waals surface area (Å²) in [7, 11) is 4.27. The highest BCUT2D eigenvalue weighted by molar-refractivity contribution is 5.74. The number of hydrogen-bond acceptors (Lipinski definition) is 4. The summed E-state index contributed by atoms with van der Waals surface area (Å²) in [4.78, 5) is 16.1. The Kier molecular flexibility index (Phi) is 7.12. The monoisotopic (exact) mass is 272 g/mol. The average Bonchev–Trinajstić information content (AvgIpc) is 2.39. The van der Waals surface area contributed by atoms with E-state index in [-0.39, 0.29) is 18.7 Å². The summed E-state index contributed by atoms with van der Waals surface area (Å²) in [5.41, 5.74) is 0. The van der Waals surface area contributed by atoms with Gasteiger partial charge in [-0.1, -0.05) is 0 Å². The molecule has 1 rings (SSSR count). The van der Waals surface area contributed by atoms with Crippen LogP contribution in [-0.4, -0.2) is 79.9 Å². The second kappa shape index (κ2) is 8.35. The van der Waals surface area contributed by atoms with Crippen molar-refractivity contribution in [2.75, 3.05) is 46.9 Å². The maximum Gasteiger partial charge on any atom is 0.315 e. The predicted octanol–water partition coefficient (Wildman–Crippen LogP) is -0.308. The number of nitrogens with zero attached hydrogens (tertiary/aromatic N) is 2. The minimum atomic E-state index is -0.204. The standard InChI is InChI=1S/C13H28N4O2/c1-11(10-18)15-13(19)14-6-9-17-7-4-12(5-8-17)16(2)3/h11-12,18H,4-10H2,1-3H3,(H2,14,15,19)/t11-/m0/s1. The molecule has 112 valence electrons. The fraction of sp³-hybridized carbons (Fsp3) is 0.923. The smallest absolute Gasteiger partial charge is 0.315 e. The molecule has 6 heteroatoms. The maximum atomic E-state index is 11.4. The third kappa shape index (κ3) is 6.22. The van der Waals surface area contributed by atoms with Gasteiger partial charge in [-0.2, -0.15) is 0 Å². The minimum absolute atomic E-state index is 0.0362. The molecule has 0 aromatic heterocycles. The molecule has 0 aromatic carbocycles. The van der Waals surface area contributed by atoms with Gasteiger partial charge in [0.25, 0.3) is 0 Å². The van der Waals surface area contributed by atoms with E-state index < -0.39 is 0 Å². The van der Waals surface area contributed by atoms with Gasteiger partial charge in [0, 0.05) is 19.1 Å². The molecule has 2 amide bonds. The summed E-state index contributed by atoms with van der Waals surface area (Å²) < 4.78 is 0. The Bertz CT molecular complexity index is 265. The van der Waals surface area contributed by atoms with Gasteiger partial charge in [0.2, 0.25) is 0 Å². The van der Waals surface area contributed by atoms with Crippen molar-refractivity contribution in [2.24, 2.45) is 0 Å². The zero-order valence-corrected chi connectivity index (χ0v) is 12.4. The molecule has 19 heavy (non-hydrogen) atoms. The van der Waals surface area contributed by atoms with E-state index in [1.165, 1.54) is 12.8 Å². The molecule has 1 aliphatic heterocycles. The van der Waals surface area contributed by atoms with Crippen molar-refractivity contribution >= 4 is 6.03 Å². The second-order valence-corrected chi connectivity index (χ2v) is 5.52. The first kappa shape index (κ1) is 16.2. The summed E-state index contributed by atoms with van der Waals surface area (Å²) in [6.07, 6.45) is 2.39. The van der Waals surface area contributed by atoms with Crippen LogP contribution in [0.25, 0.3) is 0 Å². The van der Waals surface area contributed by atoms with E-state index in [2.05, 4.69) is 34.5 Å². The van der Waals surface area contributed by atoms with Crippen LogP contribution in [-0.2, 0) is 0 Å². The van der Waals surface area contributed by atoms with Crippen LogP contribution >= 0.6 is 0 Å². The van der Waals surface area contributed by atoms with Gasteiger partial charge in [0.05, 0.1) is 12.6 Å². The van der Waals surface area contributed by atoms with Gasteiger partial charge in [-0.25, -0.2) is 4.79 Å². The van der Waals surface area contributed by atoms with Gasteiger partial charge in [0.1, 0.15) is 0 Å². The third-order valence-corrected chi connectivity index (χ3v) is 3.65. The zero-order valence-electron chi connectivity index (χ0n) is 12.4. The summed E-state index contributed by atoms with van der Waals surface area (Å²) in [6.45, 7) is 5.47. The van der Waals surface area contributed by atoms with Crippen molar-refractivity contribution in [1.29, 1.82) is 0 Å². The van der Waals surface area contributed by atoms with E-state index in [1.54, 1.807) is 6.92 Å². The quantitative estimate of drug-likeness (QED) is 0.621. The normalized spacial score (nSPS) is 19.4. The third-order valence-electron chi connectivity index (χ3n) is 3.65. The lowest BCUT2D eigenvalue weighted by Crippen LogP contribution is -2.47. The number of carbonyl (C=O) groups is 1. The van der Waals surface area contributed by atoms with Gasteiger partial charge in [-0.05, 0) is 47.0 Å². The van der Waals surface area contributed by atoms with Crippen molar-refractivity contribution in [3.05, 3.63) is 0 Å². The van der Waals surface area contributed by atoms with Gasteiger partial charge >= 0.3 is 6.03 Å². The molecule has 1 heterocycles. The molecule has 0 unspecified atom stereocenters. The molecule has 0 aromatic rings. The van der Waals surface area contributed by atoms with Crippen molar-refractivity contribution in [3.8, 4) is 0 Å². The van der Waals surface area contributed by atoms with Gasteiger partial charge in [-0.15, -0.1) is 0 Å². The molecule has 6 nitrogen and oxygen atoms in total. The first-order valence-corrected chi connectivity index (χ1v) is 7.07. The van der Waals surface area contributed by atoms with Crippen LogP contribution in [0.4, 0.5) is 4.79 Å². The van der Waals surface area contributed by atoms with Gasteiger partial charge < -0.3 is 25.5 Å². The highest BCUT2D eigenvalue weighted by Gasteiger charge is 2.20. The fourth-order valence-corrected chi connectivity index (χ4v) is 2.31. The van der Waals surface area contributed by atoms with E-state index in [1.807, 2.05) is 0 Å². The topological polar surface area (TPSA) is 67.8 Å². The first-order chi connectivity index (χ1) is 9.02. The number of hydrogen-bond donors (Lipinski definition) is 3. The van der Waals surface area contributed by atoms with Crippen molar-refractivity contribution in [2.45, 2.75) is 31.8 Å². The van der Waals surface area contributed by atoms with Crippen LogP contribution in [0.15, 0.2) is 0 Å². The lowest BCUT2D eigenvalue weighted by atomic mass is 10.0. The van der Waals surface area contributed by atoms with Crippen LogP contribution < -0.4 is 10.6 Å². The maximum absolute atomic E-state index is 11.4. The molecule has 0 spiro atoms. The Morgan fingerprint density at radius 2 is 2.05 bits per heavy atom. The van der Waals surface area contributed by atoms with Crippen LogP contribution in [0.2, 0.25) is 0 Å². The molecule has 1 saturated heterocycles. The van der Waals surface area contributed by atoms with E-state index >= 15 is 0 Å². The molecule has 1 aliphatic rings. The molecule has 0 radical (unpaired) electrons. The Morgan fingerprint density at radius 3 is 2.58 bits per heavy atom. The molecular weight excluding hydrogens is 244 g/mol. The zero-order chi connectivity index (χ0) is 14.3. The highest BCUT2D eigenvalue weighted by Crippen LogP contribution is 2.13. The van der Waals surface area contributed by atoms with Crippen molar-refractivity contribution < 1.29 is 9.90 Å². The van der Waals surface area contributed by atoms with E-state index in [0.717, 1.165) is 19.6 Å². The molecular formula is C13H28N4O2. The summed E-state index contributed by atoms with van der Waals surface area (Å²) in [5.74, 6) is 0. The number of likely N-dealkylation sites (tertiary alicyclic amines) is 1. The SMILES string of the molecule is C[C@@H](CO)NC(=O)NCCN1CCC(N(C)C)CC1. The van der Waals surface area contributed by atoms with Gasteiger partial charge in [0.15, 0.2) is 0 Å². The number of piperidine rings is 1. The van der Waals surface area contributed by atoms with E-state index in [0.29, 0.717) is 12.6 Å². The number of carbonyl (C=O) groups excluding carboxylic acids is 1. The average molecular weight is 272 g/mol. The summed E-state index contributed by atoms with van der Waals surface area (Å²) in [6, 6.07) is 0.290. The van der Waals surface area contributed by atoms with E-state index in [4.69, 9.17) is 5.11 Å². The number of nitrogens with one attached hydrogen (secondary N) is 2. The fourth-order valence-electron chi connectivity index (χ4n) is 2.31. The largest absolute Gasteiger partial charge is 0.394 e. The number of aliphatic hydroxyl groups excluding tert-OH is 1. The molecule has 0 saturated carbocycles. The van der Waals surface area contributed by atoms with Crippen LogP contribution in [0.3, 0.4) is 0 Å². The molecule has 1 fully saturated rings. The molecule has 3 N–H and O–H groups in total. The second-order valence-electron chi connectivity index (χ2n) is 5.52. The lowest BCUT2D eigenvalue weighted by molar-refractivity contribution is 0.145. The van der Waals surface area contributed by atoms with Gasteiger partial charge in [-0.3, -0.25) is 0 Å². The summed E-state index contributed by atoms with van der Waals surface area (Å²) in [5, 5.41) is 14.3. The molecule has 0 bridgehead atoms. The van der Waals surface area contributed by atoms with E-state index in [9.17, 15) is 4.79 Å². The number of aliphatic hydroxyl groups is 1. The van der Waals surface area contributed by atoms with Crippen molar-refractivity contribution in [1.82, 2.24) is 20.4 Å². The van der Waals surface area contributed by atoms with Crippen LogP contribution in [0, 0.1) is 0 Å². The Labute approximate surface area is 116 Å². The Hall–Kier alpha value is -0.850. The highest BCUT2D eigenvalue weighted by atomic mass is 16.3. The molecule has 1 atom stereocenters. The lowest BCUT2D eigenvalue weighted by Gasteiger charge is -2.35. The van der Waals surface area contributed by atoms with Crippen LogP contribution in [0.5, 0.6) is 0 Å². The number of urea groups is 1. The predicted molar refractivity (Wildman–Crippen MR) is 76.2 cm³/mol. The Morgan fingerprint density at radius 1 is 1.42 bits per heavy atom.